The Hall–Kier alpha value is -1.51. The van der Waals surface area contributed by atoms with Gasteiger partial charge in [-0.15, -0.1) is 0 Å². The first-order valence-corrected chi connectivity index (χ1v) is 5.58. The lowest BCUT2D eigenvalue weighted by atomic mass is 10.2. The van der Waals surface area contributed by atoms with E-state index in [1.165, 1.54) is 0 Å². The van der Waals surface area contributed by atoms with Gasteiger partial charge in [-0.05, 0) is 31.9 Å². The smallest absolute Gasteiger partial charge is 0.224 e. The second kappa shape index (κ2) is 6.88. The Morgan fingerprint density at radius 1 is 1.50 bits per heavy atom. The number of carbonyl (C=O) groups excluding carboxylic acids is 1. The highest BCUT2D eigenvalue weighted by atomic mass is 16.5. The molecule has 0 fully saturated rings. The van der Waals surface area contributed by atoms with Crippen molar-refractivity contribution in [3.63, 3.8) is 0 Å². The van der Waals surface area contributed by atoms with E-state index in [2.05, 4.69) is 12.2 Å². The second-order valence-corrected chi connectivity index (χ2v) is 3.53. The van der Waals surface area contributed by atoms with Crippen molar-refractivity contribution in [2.75, 3.05) is 11.9 Å². The van der Waals surface area contributed by atoms with E-state index in [0.29, 0.717) is 13.0 Å². The molecule has 1 N–H and O–H groups in total. The summed E-state index contributed by atoms with van der Waals surface area (Å²) in [6.07, 6.45) is 2.12. The zero-order valence-electron chi connectivity index (χ0n) is 9.66. The maximum absolute atomic E-state index is 11.4. The maximum Gasteiger partial charge on any atom is 0.224 e. The molecule has 0 aromatic heterocycles. The van der Waals surface area contributed by atoms with E-state index in [1.807, 2.05) is 31.2 Å². The summed E-state index contributed by atoms with van der Waals surface area (Å²) in [5.41, 5.74) is 0.778. The molecule has 0 aliphatic heterocycles. The van der Waals surface area contributed by atoms with Crippen molar-refractivity contribution in [2.45, 2.75) is 26.2 Å². The summed E-state index contributed by atoms with van der Waals surface area (Å²) in [6, 6.07) is 7.40. The minimum Gasteiger partial charge on any atom is -0.494 e. The minimum absolute atomic E-state index is 0.0387. The molecule has 1 aromatic carbocycles. The van der Waals surface area contributed by atoms with Gasteiger partial charge in [-0.25, -0.2) is 0 Å². The van der Waals surface area contributed by atoms with Crippen molar-refractivity contribution >= 4 is 11.6 Å². The molecule has 87 valence electrons. The van der Waals surface area contributed by atoms with Crippen LogP contribution in [0.4, 0.5) is 5.69 Å². The van der Waals surface area contributed by atoms with Crippen LogP contribution in [-0.2, 0) is 4.79 Å². The quantitative estimate of drug-likeness (QED) is 0.800. The van der Waals surface area contributed by atoms with Crippen molar-refractivity contribution in [3.8, 4) is 5.75 Å². The number of ether oxygens (including phenoxy) is 1. The molecule has 0 aliphatic carbocycles. The van der Waals surface area contributed by atoms with Crippen LogP contribution in [0.2, 0.25) is 0 Å². The van der Waals surface area contributed by atoms with Crippen LogP contribution in [0.1, 0.15) is 26.2 Å². The zero-order valence-corrected chi connectivity index (χ0v) is 9.66. The first kappa shape index (κ1) is 12.6. The van der Waals surface area contributed by atoms with Crippen LogP contribution in [-0.4, -0.2) is 12.5 Å². The molecular formula is C13H18NO2. The molecule has 16 heavy (non-hydrogen) atoms. The van der Waals surface area contributed by atoms with E-state index in [4.69, 9.17) is 4.74 Å². The summed E-state index contributed by atoms with van der Waals surface area (Å²) in [6.45, 7) is 6.27. The average molecular weight is 220 g/mol. The Bertz CT molecular complexity index is 336. The van der Waals surface area contributed by atoms with Gasteiger partial charge in [-0.3, -0.25) is 4.79 Å². The third-order valence-corrected chi connectivity index (χ3v) is 2.01. The van der Waals surface area contributed by atoms with E-state index in [9.17, 15) is 4.79 Å². The van der Waals surface area contributed by atoms with Gasteiger partial charge in [0.2, 0.25) is 5.91 Å². The topological polar surface area (TPSA) is 38.3 Å². The standard InChI is InChI=1S/C13H18NO2/c1-3-6-13(15)14-11-7-5-8-12(10-11)16-9-4-2/h5,7-8,10H,2-4,6,9H2,1H3,(H,14,15). The minimum atomic E-state index is 0.0387. The number of hydrogen-bond acceptors (Lipinski definition) is 2. The monoisotopic (exact) mass is 220 g/mol. The molecule has 0 atom stereocenters. The Morgan fingerprint density at radius 2 is 2.31 bits per heavy atom. The maximum atomic E-state index is 11.4. The van der Waals surface area contributed by atoms with E-state index < -0.39 is 0 Å². The lowest BCUT2D eigenvalue weighted by Gasteiger charge is -2.08. The fourth-order valence-electron chi connectivity index (χ4n) is 1.30. The van der Waals surface area contributed by atoms with Crippen molar-refractivity contribution in [2.24, 2.45) is 0 Å². The molecule has 0 aliphatic rings. The summed E-state index contributed by atoms with van der Waals surface area (Å²) in [7, 11) is 0. The summed E-state index contributed by atoms with van der Waals surface area (Å²) in [5, 5.41) is 2.83. The van der Waals surface area contributed by atoms with Gasteiger partial charge in [0.15, 0.2) is 0 Å². The molecule has 0 saturated carbocycles. The van der Waals surface area contributed by atoms with Crippen LogP contribution in [0.25, 0.3) is 0 Å². The predicted molar refractivity (Wildman–Crippen MR) is 65.4 cm³/mol. The number of hydrogen-bond donors (Lipinski definition) is 1. The molecule has 3 heteroatoms. The highest BCUT2D eigenvalue weighted by Crippen LogP contribution is 2.17. The number of nitrogens with one attached hydrogen (secondary N) is 1. The molecule has 1 amide bonds. The second-order valence-electron chi connectivity index (χ2n) is 3.53. The first-order valence-electron chi connectivity index (χ1n) is 5.58. The highest BCUT2D eigenvalue weighted by molar-refractivity contribution is 5.90. The fourth-order valence-corrected chi connectivity index (χ4v) is 1.30. The van der Waals surface area contributed by atoms with Gasteiger partial charge < -0.3 is 10.1 Å². The summed E-state index contributed by atoms with van der Waals surface area (Å²) in [4.78, 5) is 11.4. The zero-order chi connectivity index (χ0) is 11.8. The van der Waals surface area contributed by atoms with E-state index in [0.717, 1.165) is 24.3 Å². The number of benzene rings is 1. The SMILES string of the molecule is [CH2]CCOc1cccc(NC(=O)CCC)c1. The van der Waals surface area contributed by atoms with Gasteiger partial charge in [0.05, 0.1) is 6.61 Å². The first-order chi connectivity index (χ1) is 7.76. The highest BCUT2D eigenvalue weighted by Gasteiger charge is 2.01. The molecule has 1 radical (unpaired) electrons. The third kappa shape index (κ3) is 4.34. The van der Waals surface area contributed by atoms with Gasteiger partial charge in [-0.2, -0.15) is 0 Å². The van der Waals surface area contributed by atoms with E-state index in [1.54, 1.807) is 0 Å². The van der Waals surface area contributed by atoms with Crippen LogP contribution >= 0.6 is 0 Å². The van der Waals surface area contributed by atoms with Gasteiger partial charge >= 0.3 is 0 Å². The molecular weight excluding hydrogens is 202 g/mol. The number of rotatable bonds is 6. The third-order valence-electron chi connectivity index (χ3n) is 2.01. The Labute approximate surface area is 96.8 Å². The van der Waals surface area contributed by atoms with Crippen molar-refractivity contribution < 1.29 is 9.53 Å². The van der Waals surface area contributed by atoms with Crippen LogP contribution in [0, 0.1) is 6.92 Å². The van der Waals surface area contributed by atoms with Crippen LogP contribution < -0.4 is 10.1 Å². The molecule has 0 heterocycles. The Kier molecular flexibility index (Phi) is 5.40. The Morgan fingerprint density at radius 3 is 3.00 bits per heavy atom. The van der Waals surface area contributed by atoms with Crippen molar-refractivity contribution in [3.05, 3.63) is 31.2 Å². The number of anilines is 1. The van der Waals surface area contributed by atoms with Crippen LogP contribution in [0.5, 0.6) is 5.75 Å². The molecule has 0 bridgehead atoms. The van der Waals surface area contributed by atoms with Gasteiger partial charge in [0, 0.05) is 18.2 Å². The lowest BCUT2D eigenvalue weighted by Crippen LogP contribution is -2.10. The van der Waals surface area contributed by atoms with Crippen LogP contribution in [0.3, 0.4) is 0 Å². The van der Waals surface area contributed by atoms with E-state index in [-0.39, 0.29) is 5.91 Å². The predicted octanol–water partition coefficient (Wildman–Crippen LogP) is 3.03. The lowest BCUT2D eigenvalue weighted by molar-refractivity contribution is -0.116. The summed E-state index contributed by atoms with van der Waals surface area (Å²) in [5.74, 6) is 0.801. The van der Waals surface area contributed by atoms with Crippen molar-refractivity contribution in [1.29, 1.82) is 0 Å². The number of amides is 1. The van der Waals surface area contributed by atoms with Crippen LogP contribution in [0.15, 0.2) is 24.3 Å². The van der Waals surface area contributed by atoms with Gasteiger partial charge in [0.25, 0.3) is 0 Å². The summed E-state index contributed by atoms with van der Waals surface area (Å²) < 4.78 is 5.42. The number of carbonyl (C=O) groups is 1. The van der Waals surface area contributed by atoms with E-state index >= 15 is 0 Å². The fraction of sp³-hybridized carbons (Fsp3) is 0.385. The normalized spacial score (nSPS) is 9.88. The molecule has 1 aromatic rings. The van der Waals surface area contributed by atoms with Gasteiger partial charge in [0.1, 0.15) is 5.75 Å². The molecule has 0 spiro atoms. The molecule has 0 unspecified atom stereocenters. The molecule has 3 nitrogen and oxygen atoms in total. The molecule has 1 rings (SSSR count). The van der Waals surface area contributed by atoms with Crippen molar-refractivity contribution in [1.82, 2.24) is 0 Å². The Balaban J connectivity index is 2.56. The largest absolute Gasteiger partial charge is 0.494 e. The molecule has 0 saturated heterocycles. The summed E-state index contributed by atoms with van der Waals surface area (Å²) >= 11 is 0. The average Bonchev–Trinajstić information content (AvgIpc) is 2.27. The van der Waals surface area contributed by atoms with Gasteiger partial charge in [-0.1, -0.05) is 13.0 Å².